The van der Waals surface area contributed by atoms with Crippen molar-refractivity contribution in [2.45, 2.75) is 32.2 Å². The fourth-order valence-electron chi connectivity index (χ4n) is 1.96. The molecule has 0 bridgehead atoms. The van der Waals surface area contributed by atoms with Crippen LogP contribution in [0, 0.1) is 13.8 Å². The summed E-state index contributed by atoms with van der Waals surface area (Å²) in [6.45, 7) is 4.23. The van der Waals surface area contributed by atoms with Crippen molar-refractivity contribution in [2.75, 3.05) is 5.88 Å². The van der Waals surface area contributed by atoms with Gasteiger partial charge in [0, 0.05) is 12.0 Å². The highest BCUT2D eigenvalue weighted by Gasteiger charge is 2.39. The Labute approximate surface area is 101 Å². The van der Waals surface area contributed by atoms with Gasteiger partial charge in [-0.2, -0.15) is 0 Å². The predicted molar refractivity (Wildman–Crippen MR) is 65.9 cm³/mol. The molecule has 2 atom stereocenters. The van der Waals surface area contributed by atoms with Crippen LogP contribution in [0.2, 0.25) is 0 Å². The minimum absolute atomic E-state index is 0.0517. The van der Waals surface area contributed by atoms with E-state index in [0.29, 0.717) is 5.92 Å². The Morgan fingerprint density at radius 1 is 1.44 bits per heavy atom. The van der Waals surface area contributed by atoms with E-state index in [4.69, 9.17) is 11.6 Å². The lowest BCUT2D eigenvalue weighted by molar-refractivity contribution is -0.118. The molecule has 1 aliphatic rings. The van der Waals surface area contributed by atoms with Crippen molar-refractivity contribution in [3.63, 3.8) is 0 Å². The van der Waals surface area contributed by atoms with E-state index in [1.807, 2.05) is 0 Å². The van der Waals surface area contributed by atoms with Crippen molar-refractivity contribution in [2.24, 2.45) is 0 Å². The topological polar surface area (TPSA) is 29.1 Å². The van der Waals surface area contributed by atoms with Crippen molar-refractivity contribution < 1.29 is 4.79 Å². The molecule has 1 amide bonds. The van der Waals surface area contributed by atoms with Crippen LogP contribution in [0.5, 0.6) is 0 Å². The minimum Gasteiger partial charge on any atom is -0.352 e. The molecule has 1 N–H and O–H groups in total. The number of rotatable bonds is 3. The van der Waals surface area contributed by atoms with E-state index in [2.05, 4.69) is 37.4 Å². The Balaban J connectivity index is 2.00. The smallest absolute Gasteiger partial charge is 0.235 e. The zero-order valence-corrected chi connectivity index (χ0v) is 10.3. The monoisotopic (exact) mass is 237 g/mol. The van der Waals surface area contributed by atoms with Crippen molar-refractivity contribution >= 4 is 17.5 Å². The van der Waals surface area contributed by atoms with Gasteiger partial charge in [0.25, 0.3) is 0 Å². The fourth-order valence-corrected chi connectivity index (χ4v) is 2.04. The third-order valence-electron chi connectivity index (χ3n) is 3.22. The molecule has 2 nitrogen and oxygen atoms in total. The second-order valence-electron chi connectivity index (χ2n) is 4.49. The third-order valence-corrected chi connectivity index (χ3v) is 3.46. The second kappa shape index (κ2) is 4.46. The van der Waals surface area contributed by atoms with Crippen LogP contribution < -0.4 is 5.32 Å². The van der Waals surface area contributed by atoms with E-state index in [9.17, 15) is 4.79 Å². The third kappa shape index (κ3) is 2.38. The molecule has 1 aromatic rings. The molecule has 1 aromatic carbocycles. The van der Waals surface area contributed by atoms with Crippen LogP contribution in [-0.2, 0) is 4.79 Å². The number of nitrogens with one attached hydrogen (secondary N) is 1. The van der Waals surface area contributed by atoms with Crippen LogP contribution in [0.15, 0.2) is 18.2 Å². The average molecular weight is 238 g/mol. The maximum atomic E-state index is 11.1. The number of carbonyl (C=O) groups excluding carboxylic acids is 1. The maximum Gasteiger partial charge on any atom is 0.235 e. The van der Waals surface area contributed by atoms with E-state index < -0.39 is 0 Å². The first-order valence-electron chi connectivity index (χ1n) is 5.54. The van der Waals surface area contributed by atoms with E-state index in [1.54, 1.807) is 0 Å². The van der Waals surface area contributed by atoms with E-state index in [0.717, 1.165) is 6.42 Å². The number of benzene rings is 1. The molecule has 0 aromatic heterocycles. The zero-order valence-electron chi connectivity index (χ0n) is 9.59. The molecule has 16 heavy (non-hydrogen) atoms. The van der Waals surface area contributed by atoms with Gasteiger partial charge < -0.3 is 5.32 Å². The van der Waals surface area contributed by atoms with Gasteiger partial charge in [-0.05, 0) is 37.0 Å². The van der Waals surface area contributed by atoms with Gasteiger partial charge in [-0.15, -0.1) is 11.6 Å². The Bertz CT molecular complexity index is 416. The molecule has 0 unspecified atom stereocenters. The Morgan fingerprint density at radius 2 is 2.19 bits per heavy atom. The van der Waals surface area contributed by atoms with Gasteiger partial charge >= 0.3 is 0 Å². The maximum absolute atomic E-state index is 11.1. The highest BCUT2D eigenvalue weighted by molar-refractivity contribution is 6.27. The molecule has 0 saturated heterocycles. The van der Waals surface area contributed by atoms with E-state index in [-0.39, 0.29) is 17.8 Å². The molecule has 0 heterocycles. The number of halogens is 1. The SMILES string of the molecule is Cc1ccc([C@@H]2C[C@H]2NC(=O)CCl)cc1C. The number of amides is 1. The first kappa shape index (κ1) is 11.5. The Hall–Kier alpha value is -1.02. The first-order chi connectivity index (χ1) is 7.61. The lowest BCUT2D eigenvalue weighted by atomic mass is 10.0. The summed E-state index contributed by atoms with van der Waals surface area (Å²) >= 11 is 5.45. The fraction of sp³-hybridized carbons (Fsp3) is 0.462. The largest absolute Gasteiger partial charge is 0.352 e. The van der Waals surface area contributed by atoms with Gasteiger partial charge in [0.1, 0.15) is 5.88 Å². The van der Waals surface area contributed by atoms with Gasteiger partial charge in [0.2, 0.25) is 5.91 Å². The van der Waals surface area contributed by atoms with Crippen molar-refractivity contribution in [1.82, 2.24) is 5.32 Å². The van der Waals surface area contributed by atoms with E-state index >= 15 is 0 Å². The van der Waals surface area contributed by atoms with Crippen LogP contribution >= 0.6 is 11.6 Å². The minimum atomic E-state index is -0.0713. The van der Waals surface area contributed by atoms with Crippen LogP contribution in [0.3, 0.4) is 0 Å². The number of aryl methyl sites for hydroxylation is 2. The van der Waals surface area contributed by atoms with Gasteiger partial charge in [-0.1, -0.05) is 18.2 Å². The number of hydrogen-bond acceptors (Lipinski definition) is 1. The standard InChI is InChI=1S/C13H16ClNO/c1-8-3-4-10(5-9(8)2)11-6-12(11)15-13(16)7-14/h3-5,11-12H,6-7H2,1-2H3,(H,15,16)/t11-,12+/m0/s1. The molecule has 2 rings (SSSR count). The molecule has 0 radical (unpaired) electrons. The van der Waals surface area contributed by atoms with Gasteiger partial charge in [-0.25, -0.2) is 0 Å². The van der Waals surface area contributed by atoms with Crippen molar-refractivity contribution in [1.29, 1.82) is 0 Å². The summed E-state index contributed by atoms with van der Waals surface area (Å²) in [5.41, 5.74) is 3.94. The normalized spacial score (nSPS) is 22.9. The molecule has 0 spiro atoms. The lowest BCUT2D eigenvalue weighted by Gasteiger charge is -2.05. The zero-order chi connectivity index (χ0) is 11.7. The van der Waals surface area contributed by atoms with E-state index in [1.165, 1.54) is 16.7 Å². The van der Waals surface area contributed by atoms with Crippen molar-refractivity contribution in [3.05, 3.63) is 34.9 Å². The van der Waals surface area contributed by atoms with Gasteiger partial charge in [0.15, 0.2) is 0 Å². The van der Waals surface area contributed by atoms with Crippen molar-refractivity contribution in [3.8, 4) is 0 Å². The number of hydrogen-bond donors (Lipinski definition) is 1. The Morgan fingerprint density at radius 3 is 2.81 bits per heavy atom. The van der Waals surface area contributed by atoms with Crippen LogP contribution in [0.4, 0.5) is 0 Å². The second-order valence-corrected chi connectivity index (χ2v) is 4.76. The van der Waals surface area contributed by atoms with Gasteiger partial charge in [0.05, 0.1) is 0 Å². The first-order valence-corrected chi connectivity index (χ1v) is 6.07. The molecule has 1 aliphatic carbocycles. The summed E-state index contributed by atoms with van der Waals surface area (Å²) < 4.78 is 0. The summed E-state index contributed by atoms with van der Waals surface area (Å²) in [6.07, 6.45) is 1.03. The summed E-state index contributed by atoms with van der Waals surface area (Å²) in [5.74, 6) is 0.459. The Kier molecular flexibility index (Phi) is 3.20. The number of alkyl halides is 1. The highest BCUT2D eigenvalue weighted by Crippen LogP contribution is 2.41. The quantitative estimate of drug-likeness (QED) is 0.805. The summed E-state index contributed by atoms with van der Waals surface area (Å²) in [7, 11) is 0. The molecule has 1 fully saturated rings. The highest BCUT2D eigenvalue weighted by atomic mass is 35.5. The predicted octanol–water partition coefficient (Wildman–Crippen LogP) is 2.51. The summed E-state index contributed by atoms with van der Waals surface area (Å²) in [5, 5.41) is 2.92. The molecule has 3 heteroatoms. The molecular weight excluding hydrogens is 222 g/mol. The average Bonchev–Trinajstić information content (AvgIpc) is 3.01. The molecule has 86 valence electrons. The van der Waals surface area contributed by atoms with Crippen LogP contribution in [0.1, 0.15) is 29.0 Å². The lowest BCUT2D eigenvalue weighted by Crippen LogP contribution is -2.27. The number of carbonyl (C=O) groups is 1. The van der Waals surface area contributed by atoms with Gasteiger partial charge in [-0.3, -0.25) is 4.79 Å². The molecule has 0 aliphatic heterocycles. The van der Waals surface area contributed by atoms with Crippen LogP contribution in [-0.4, -0.2) is 17.8 Å². The summed E-state index contributed by atoms with van der Waals surface area (Å²) in [6, 6.07) is 6.80. The molecular formula is C13H16ClNO. The van der Waals surface area contributed by atoms with Crippen LogP contribution in [0.25, 0.3) is 0 Å². The summed E-state index contributed by atoms with van der Waals surface area (Å²) in [4.78, 5) is 11.1. The molecule has 1 saturated carbocycles.